The normalized spacial score (nSPS) is 11.5. The van der Waals surface area contributed by atoms with Gasteiger partial charge in [0.1, 0.15) is 0 Å². The third-order valence-corrected chi connectivity index (χ3v) is 3.91. The van der Waals surface area contributed by atoms with E-state index in [-0.39, 0.29) is 12.5 Å². The minimum absolute atomic E-state index is 0.223. The molecule has 0 bridgehead atoms. The number of carbonyl (C=O) groups is 1. The molecule has 6 heteroatoms. The summed E-state index contributed by atoms with van der Waals surface area (Å²) in [6.45, 7) is 6.02. The number of aliphatic hydroxyl groups is 1. The molecule has 0 fully saturated rings. The van der Waals surface area contributed by atoms with Gasteiger partial charge in [-0.1, -0.05) is 32.8 Å². The molecule has 0 spiro atoms. The molecule has 1 amide bonds. The molecule has 0 atom stereocenters. The molecule has 0 unspecified atom stereocenters. The van der Waals surface area contributed by atoms with E-state index in [1.54, 1.807) is 25.1 Å². The first-order valence-corrected chi connectivity index (χ1v) is 8.38. The van der Waals surface area contributed by atoms with E-state index in [4.69, 9.17) is 4.42 Å². The molecular weight excluding hydrogens is 306 g/mol. The maximum atomic E-state index is 12.4. The Morgan fingerprint density at radius 2 is 1.96 bits per heavy atom. The summed E-state index contributed by atoms with van der Waals surface area (Å²) in [6.07, 6.45) is 3.08. The topological polar surface area (TPSA) is 88.2 Å². The third kappa shape index (κ3) is 4.64. The van der Waals surface area contributed by atoms with Crippen LogP contribution >= 0.6 is 0 Å². The van der Waals surface area contributed by atoms with Gasteiger partial charge < -0.3 is 14.8 Å². The van der Waals surface area contributed by atoms with Crippen LogP contribution in [0.15, 0.2) is 28.7 Å². The third-order valence-electron chi connectivity index (χ3n) is 3.91. The zero-order valence-corrected chi connectivity index (χ0v) is 14.5. The summed E-state index contributed by atoms with van der Waals surface area (Å²) in [7, 11) is 0. The number of benzene rings is 1. The number of amides is 1. The van der Waals surface area contributed by atoms with Crippen molar-refractivity contribution in [3.8, 4) is 11.5 Å². The van der Waals surface area contributed by atoms with Gasteiger partial charge in [-0.2, -0.15) is 0 Å². The summed E-state index contributed by atoms with van der Waals surface area (Å²) in [5.74, 6) is 0.637. The van der Waals surface area contributed by atoms with Crippen LogP contribution in [0, 0.1) is 6.92 Å². The quantitative estimate of drug-likeness (QED) is 0.776. The van der Waals surface area contributed by atoms with Gasteiger partial charge in [0.25, 0.3) is 5.91 Å². The molecule has 2 N–H and O–H groups in total. The lowest BCUT2D eigenvalue weighted by Gasteiger charge is -2.27. The van der Waals surface area contributed by atoms with Gasteiger partial charge in [-0.05, 0) is 31.0 Å². The first-order chi connectivity index (χ1) is 11.5. The smallest absolute Gasteiger partial charge is 0.251 e. The Morgan fingerprint density at radius 1 is 1.25 bits per heavy atom. The van der Waals surface area contributed by atoms with Gasteiger partial charge in [0.15, 0.2) is 0 Å². The number of aryl methyl sites for hydroxylation is 1. The molecule has 24 heavy (non-hydrogen) atoms. The van der Waals surface area contributed by atoms with Gasteiger partial charge in [0, 0.05) is 24.6 Å². The van der Waals surface area contributed by atoms with Crippen LogP contribution < -0.4 is 5.32 Å². The molecule has 0 aliphatic rings. The molecular formula is C18H25N3O3. The number of hydrogen-bond donors (Lipinski definition) is 2. The fraction of sp³-hybridized carbons (Fsp3) is 0.500. The Hall–Kier alpha value is -2.21. The molecule has 0 aliphatic heterocycles. The lowest BCUT2D eigenvalue weighted by molar-refractivity contribution is 0.0213. The Bertz CT molecular complexity index is 676. The zero-order valence-electron chi connectivity index (χ0n) is 14.5. The summed E-state index contributed by atoms with van der Waals surface area (Å²) in [4.78, 5) is 12.4. The number of rotatable bonds is 8. The zero-order chi connectivity index (χ0) is 17.6. The highest BCUT2D eigenvalue weighted by Crippen LogP contribution is 2.20. The number of hydrogen-bond acceptors (Lipinski definition) is 5. The Labute approximate surface area is 142 Å². The van der Waals surface area contributed by atoms with Gasteiger partial charge in [-0.15, -0.1) is 10.2 Å². The van der Waals surface area contributed by atoms with Crippen LogP contribution in [-0.2, 0) is 0 Å². The highest BCUT2D eigenvalue weighted by Gasteiger charge is 2.25. The van der Waals surface area contributed by atoms with Crippen LogP contribution in [0.2, 0.25) is 0 Å². The molecule has 1 aromatic heterocycles. The van der Waals surface area contributed by atoms with Crippen molar-refractivity contribution in [1.82, 2.24) is 15.5 Å². The molecule has 0 saturated heterocycles. The van der Waals surface area contributed by atoms with Crippen molar-refractivity contribution < 1.29 is 14.3 Å². The number of aromatic nitrogens is 2. The van der Waals surface area contributed by atoms with Crippen molar-refractivity contribution in [1.29, 1.82) is 0 Å². The van der Waals surface area contributed by atoms with E-state index in [1.807, 2.05) is 19.9 Å². The predicted molar refractivity (Wildman–Crippen MR) is 91.6 cm³/mol. The summed E-state index contributed by atoms with van der Waals surface area (Å²) >= 11 is 0. The monoisotopic (exact) mass is 331 g/mol. The Balaban J connectivity index is 2.07. The molecule has 0 aliphatic carbocycles. The lowest BCUT2D eigenvalue weighted by Crippen LogP contribution is -2.42. The van der Waals surface area contributed by atoms with Gasteiger partial charge in [0.2, 0.25) is 11.8 Å². The van der Waals surface area contributed by atoms with E-state index in [9.17, 15) is 9.90 Å². The average Bonchev–Trinajstić information content (AvgIpc) is 3.00. The van der Waals surface area contributed by atoms with Crippen molar-refractivity contribution in [3.63, 3.8) is 0 Å². The maximum Gasteiger partial charge on any atom is 0.251 e. The molecule has 130 valence electrons. The number of nitrogens with zero attached hydrogens (tertiary/aromatic N) is 2. The van der Waals surface area contributed by atoms with E-state index >= 15 is 0 Å². The first-order valence-electron chi connectivity index (χ1n) is 8.38. The van der Waals surface area contributed by atoms with Crippen molar-refractivity contribution in [3.05, 3.63) is 35.7 Å². The molecule has 2 aromatic rings. The van der Waals surface area contributed by atoms with Crippen LogP contribution in [0.5, 0.6) is 0 Å². The lowest BCUT2D eigenvalue weighted by atomic mass is 9.92. The van der Waals surface area contributed by atoms with E-state index in [0.29, 0.717) is 35.7 Å². The Morgan fingerprint density at radius 3 is 2.54 bits per heavy atom. The van der Waals surface area contributed by atoms with E-state index in [0.717, 1.165) is 12.8 Å². The van der Waals surface area contributed by atoms with Crippen LogP contribution in [-0.4, -0.2) is 33.4 Å². The van der Waals surface area contributed by atoms with Crippen LogP contribution in [0.1, 0.15) is 55.8 Å². The second kappa shape index (κ2) is 8.06. The summed E-state index contributed by atoms with van der Waals surface area (Å²) in [6, 6.07) is 7.02. The first kappa shape index (κ1) is 18.1. The molecule has 2 rings (SSSR count). The minimum Gasteiger partial charge on any atom is -0.421 e. The van der Waals surface area contributed by atoms with Crippen LogP contribution in [0.4, 0.5) is 0 Å². The van der Waals surface area contributed by atoms with Gasteiger partial charge >= 0.3 is 0 Å². The van der Waals surface area contributed by atoms with E-state index in [1.165, 1.54) is 0 Å². The molecule has 1 heterocycles. The summed E-state index contributed by atoms with van der Waals surface area (Å²) < 4.78 is 5.39. The Kier molecular flexibility index (Phi) is 6.09. The second-order valence-corrected chi connectivity index (χ2v) is 6.11. The molecule has 0 radical (unpaired) electrons. The molecule has 0 saturated carbocycles. The highest BCUT2D eigenvalue weighted by molar-refractivity contribution is 5.95. The van der Waals surface area contributed by atoms with E-state index < -0.39 is 5.60 Å². The van der Waals surface area contributed by atoms with Gasteiger partial charge in [0.05, 0.1) is 5.60 Å². The highest BCUT2D eigenvalue weighted by atomic mass is 16.4. The van der Waals surface area contributed by atoms with Gasteiger partial charge in [-0.3, -0.25) is 4.79 Å². The fourth-order valence-electron chi connectivity index (χ4n) is 2.79. The standard InChI is InChI=1S/C18H25N3O3/c1-4-9-18(23,10-5-2)12-19-16(22)14-7-6-8-15(11-14)17-21-20-13(3)24-17/h6-8,11,23H,4-5,9-10,12H2,1-3H3,(H,19,22). The van der Waals surface area contributed by atoms with Crippen molar-refractivity contribution >= 4 is 5.91 Å². The largest absolute Gasteiger partial charge is 0.421 e. The van der Waals surface area contributed by atoms with Crippen molar-refractivity contribution in [2.24, 2.45) is 0 Å². The van der Waals surface area contributed by atoms with E-state index in [2.05, 4.69) is 15.5 Å². The van der Waals surface area contributed by atoms with Crippen molar-refractivity contribution in [2.45, 2.75) is 52.1 Å². The fourth-order valence-corrected chi connectivity index (χ4v) is 2.79. The van der Waals surface area contributed by atoms with Crippen LogP contribution in [0.25, 0.3) is 11.5 Å². The van der Waals surface area contributed by atoms with Gasteiger partial charge in [-0.25, -0.2) is 0 Å². The number of nitrogens with one attached hydrogen (secondary N) is 1. The average molecular weight is 331 g/mol. The summed E-state index contributed by atoms with van der Waals surface area (Å²) in [5.41, 5.74) is 0.347. The summed E-state index contributed by atoms with van der Waals surface area (Å²) in [5, 5.41) is 21.2. The van der Waals surface area contributed by atoms with Crippen molar-refractivity contribution in [2.75, 3.05) is 6.54 Å². The minimum atomic E-state index is -0.847. The molecule has 6 nitrogen and oxygen atoms in total. The molecule has 1 aromatic carbocycles. The van der Waals surface area contributed by atoms with Crippen LogP contribution in [0.3, 0.4) is 0 Å². The predicted octanol–water partition coefficient (Wildman–Crippen LogP) is 3.11. The number of carbonyl (C=O) groups excluding carboxylic acids is 1. The second-order valence-electron chi connectivity index (χ2n) is 6.11. The maximum absolute atomic E-state index is 12.4. The SMILES string of the molecule is CCCC(O)(CCC)CNC(=O)c1cccc(-c2nnc(C)o2)c1.